The van der Waals surface area contributed by atoms with Crippen molar-refractivity contribution in [2.45, 2.75) is 12.8 Å². The lowest BCUT2D eigenvalue weighted by molar-refractivity contribution is -0.141. The fraction of sp³-hybridized carbons (Fsp3) is 0.375. The van der Waals surface area contributed by atoms with Crippen molar-refractivity contribution in [3.63, 3.8) is 0 Å². The number of amides is 1. The van der Waals surface area contributed by atoms with E-state index >= 15 is 0 Å². The minimum atomic E-state index is -0.893. The Labute approximate surface area is 143 Å². The van der Waals surface area contributed by atoms with Crippen molar-refractivity contribution in [3.8, 4) is 0 Å². The number of anilines is 1. The van der Waals surface area contributed by atoms with Gasteiger partial charge in [0.05, 0.1) is 11.6 Å². The van der Waals surface area contributed by atoms with E-state index in [-0.39, 0.29) is 18.4 Å². The van der Waals surface area contributed by atoms with Crippen LogP contribution in [0.5, 0.6) is 0 Å². The summed E-state index contributed by atoms with van der Waals surface area (Å²) in [5, 5.41) is 13.1. The highest BCUT2D eigenvalue weighted by atomic mass is 32.1. The highest BCUT2D eigenvalue weighted by Crippen LogP contribution is 2.34. The molecule has 7 nitrogen and oxygen atoms in total. The molecule has 126 valence electrons. The highest BCUT2D eigenvalue weighted by Gasteiger charge is 2.41. The molecule has 2 atom stereocenters. The second-order valence-corrected chi connectivity index (χ2v) is 6.73. The summed E-state index contributed by atoms with van der Waals surface area (Å²) in [7, 11) is 1.75. The third-order valence-electron chi connectivity index (χ3n) is 4.24. The first-order chi connectivity index (χ1) is 11.5. The molecule has 24 heavy (non-hydrogen) atoms. The van der Waals surface area contributed by atoms with E-state index in [2.05, 4.69) is 15.3 Å². The fourth-order valence-corrected chi connectivity index (χ4v) is 3.89. The first-order valence-electron chi connectivity index (χ1n) is 7.58. The SMILES string of the molecule is CNc1nc(C)c(C(=O)N2C[C@@H](C(=O)O)[C@H](c3cccnc3)C2)s1. The van der Waals surface area contributed by atoms with E-state index in [9.17, 15) is 14.7 Å². The molecule has 3 heterocycles. The quantitative estimate of drug-likeness (QED) is 0.877. The summed E-state index contributed by atoms with van der Waals surface area (Å²) >= 11 is 1.29. The molecule has 0 aromatic carbocycles. The number of aryl methyl sites for hydroxylation is 1. The minimum Gasteiger partial charge on any atom is -0.481 e. The zero-order chi connectivity index (χ0) is 17.3. The molecular formula is C16H18N4O3S. The van der Waals surface area contributed by atoms with Gasteiger partial charge in [-0.25, -0.2) is 4.98 Å². The predicted molar refractivity (Wildman–Crippen MR) is 90.4 cm³/mol. The topological polar surface area (TPSA) is 95.4 Å². The summed E-state index contributed by atoms with van der Waals surface area (Å²) in [5.74, 6) is -1.94. The molecule has 0 spiro atoms. The van der Waals surface area contributed by atoms with Gasteiger partial charge in [-0.15, -0.1) is 0 Å². The largest absolute Gasteiger partial charge is 0.481 e. The molecule has 0 radical (unpaired) electrons. The summed E-state index contributed by atoms with van der Waals surface area (Å²) in [6, 6.07) is 3.64. The molecule has 0 aliphatic carbocycles. The van der Waals surface area contributed by atoms with E-state index in [1.165, 1.54) is 11.3 Å². The van der Waals surface area contributed by atoms with E-state index in [4.69, 9.17) is 0 Å². The number of hydrogen-bond donors (Lipinski definition) is 2. The van der Waals surface area contributed by atoms with Crippen LogP contribution in [0, 0.1) is 12.8 Å². The summed E-state index contributed by atoms with van der Waals surface area (Å²) in [4.78, 5) is 34.9. The van der Waals surface area contributed by atoms with E-state index in [1.807, 2.05) is 6.07 Å². The fourth-order valence-electron chi connectivity index (χ4n) is 3.00. The molecule has 0 unspecified atom stereocenters. The number of thiazole rings is 1. The van der Waals surface area contributed by atoms with Crippen LogP contribution in [0.1, 0.15) is 26.8 Å². The number of aliphatic carboxylic acids is 1. The van der Waals surface area contributed by atoms with Crippen LogP contribution in [0.3, 0.4) is 0 Å². The lowest BCUT2D eigenvalue weighted by atomic mass is 9.90. The smallest absolute Gasteiger partial charge is 0.308 e. The molecule has 1 aliphatic heterocycles. The Bertz CT molecular complexity index is 762. The second-order valence-electron chi connectivity index (χ2n) is 5.73. The second kappa shape index (κ2) is 6.56. The number of pyridine rings is 1. The van der Waals surface area contributed by atoms with Gasteiger partial charge in [-0.3, -0.25) is 14.6 Å². The lowest BCUT2D eigenvalue weighted by Crippen LogP contribution is -2.29. The maximum Gasteiger partial charge on any atom is 0.308 e. The molecule has 0 bridgehead atoms. The summed E-state index contributed by atoms with van der Waals surface area (Å²) in [6.45, 7) is 2.35. The Balaban J connectivity index is 1.86. The van der Waals surface area contributed by atoms with Crippen LogP contribution < -0.4 is 5.32 Å². The van der Waals surface area contributed by atoms with E-state index in [0.29, 0.717) is 22.2 Å². The molecule has 2 aromatic rings. The first-order valence-corrected chi connectivity index (χ1v) is 8.40. The number of nitrogens with one attached hydrogen (secondary N) is 1. The van der Waals surface area contributed by atoms with E-state index in [1.54, 1.807) is 37.3 Å². The number of aromatic nitrogens is 2. The van der Waals surface area contributed by atoms with Crippen molar-refractivity contribution < 1.29 is 14.7 Å². The number of carboxylic acid groups (broad SMARTS) is 1. The van der Waals surface area contributed by atoms with Crippen molar-refractivity contribution in [2.24, 2.45) is 5.92 Å². The Hall–Kier alpha value is -2.48. The van der Waals surface area contributed by atoms with Gasteiger partial charge in [0.15, 0.2) is 5.13 Å². The average molecular weight is 346 g/mol. The molecule has 2 aromatic heterocycles. The van der Waals surface area contributed by atoms with Gasteiger partial charge in [-0.2, -0.15) is 0 Å². The molecule has 2 N–H and O–H groups in total. The van der Waals surface area contributed by atoms with Gasteiger partial charge in [0.1, 0.15) is 4.88 Å². The van der Waals surface area contributed by atoms with Gasteiger partial charge in [-0.05, 0) is 18.6 Å². The van der Waals surface area contributed by atoms with Gasteiger partial charge in [-0.1, -0.05) is 17.4 Å². The number of hydrogen-bond acceptors (Lipinski definition) is 6. The van der Waals surface area contributed by atoms with E-state index < -0.39 is 11.9 Å². The Morgan fingerprint density at radius 2 is 2.21 bits per heavy atom. The minimum absolute atomic E-state index is 0.163. The van der Waals surface area contributed by atoms with Gasteiger partial charge in [0.25, 0.3) is 5.91 Å². The molecule has 1 fully saturated rings. The van der Waals surface area contributed by atoms with Crippen molar-refractivity contribution >= 4 is 28.3 Å². The van der Waals surface area contributed by atoms with E-state index in [0.717, 1.165) is 5.56 Å². The zero-order valence-electron chi connectivity index (χ0n) is 13.4. The molecule has 3 rings (SSSR count). The highest BCUT2D eigenvalue weighted by molar-refractivity contribution is 7.17. The monoisotopic (exact) mass is 346 g/mol. The number of carboxylic acids is 1. The van der Waals surface area contributed by atoms with Crippen molar-refractivity contribution in [2.75, 3.05) is 25.5 Å². The van der Waals surface area contributed by atoms with Crippen LogP contribution in [0.25, 0.3) is 0 Å². The van der Waals surface area contributed by atoms with Gasteiger partial charge in [0, 0.05) is 38.4 Å². The summed E-state index contributed by atoms with van der Waals surface area (Å²) < 4.78 is 0. The lowest BCUT2D eigenvalue weighted by Gasteiger charge is -2.15. The molecular weight excluding hydrogens is 328 g/mol. The predicted octanol–water partition coefficient (Wildman–Crippen LogP) is 1.83. The van der Waals surface area contributed by atoms with Crippen LogP contribution in [0.4, 0.5) is 5.13 Å². The number of likely N-dealkylation sites (tertiary alicyclic amines) is 1. The van der Waals surface area contributed by atoms with Gasteiger partial charge >= 0.3 is 5.97 Å². The normalized spacial score (nSPS) is 20.2. The Kier molecular flexibility index (Phi) is 4.48. The van der Waals surface area contributed by atoms with Crippen LogP contribution in [0.15, 0.2) is 24.5 Å². The zero-order valence-corrected chi connectivity index (χ0v) is 14.2. The van der Waals surface area contributed by atoms with Crippen molar-refractivity contribution in [1.82, 2.24) is 14.9 Å². The van der Waals surface area contributed by atoms with Crippen molar-refractivity contribution in [3.05, 3.63) is 40.7 Å². The number of carbonyl (C=O) groups is 2. The van der Waals surface area contributed by atoms with Crippen LogP contribution in [0.2, 0.25) is 0 Å². The number of nitrogens with zero attached hydrogens (tertiary/aromatic N) is 3. The van der Waals surface area contributed by atoms with Gasteiger partial charge < -0.3 is 15.3 Å². The number of carbonyl (C=O) groups excluding carboxylic acids is 1. The third-order valence-corrected chi connectivity index (χ3v) is 5.40. The summed E-state index contributed by atoms with van der Waals surface area (Å²) in [6.07, 6.45) is 3.32. The van der Waals surface area contributed by atoms with Crippen LogP contribution >= 0.6 is 11.3 Å². The maximum absolute atomic E-state index is 12.8. The van der Waals surface area contributed by atoms with Crippen LogP contribution in [-0.4, -0.2) is 52.0 Å². The van der Waals surface area contributed by atoms with Gasteiger partial charge in [0.2, 0.25) is 0 Å². The molecule has 1 amide bonds. The maximum atomic E-state index is 12.8. The Morgan fingerprint density at radius 1 is 1.42 bits per heavy atom. The third kappa shape index (κ3) is 2.96. The molecule has 1 aliphatic rings. The molecule has 0 saturated carbocycles. The average Bonchev–Trinajstić information content (AvgIpc) is 3.19. The summed E-state index contributed by atoms with van der Waals surface area (Å²) in [5.41, 5.74) is 1.50. The Morgan fingerprint density at radius 3 is 2.79 bits per heavy atom. The first kappa shape index (κ1) is 16.4. The standard InChI is InChI=1S/C16H18N4O3S/c1-9-13(24-16(17-2)19-9)14(21)20-7-11(12(8-20)15(22)23)10-4-3-5-18-6-10/h3-6,11-12H,7-8H2,1-2H3,(H,17,19)(H,22,23)/t11-,12+/m0/s1. The van der Waals surface area contributed by atoms with Crippen LogP contribution in [-0.2, 0) is 4.79 Å². The molecule has 8 heteroatoms. The van der Waals surface area contributed by atoms with Crippen molar-refractivity contribution in [1.29, 1.82) is 0 Å². The molecule has 1 saturated heterocycles. The number of rotatable bonds is 4.